The Kier molecular flexibility index (Phi) is 5.82. The molecule has 5 rings (SSSR count). The van der Waals surface area contributed by atoms with E-state index in [-0.39, 0.29) is 39.6 Å². The largest absolute Gasteiger partial charge is 0.494 e. The van der Waals surface area contributed by atoms with Gasteiger partial charge in [0.15, 0.2) is 21.4 Å². The molecule has 1 saturated heterocycles. The molecule has 0 bridgehead atoms. The number of piperidine rings is 1. The highest BCUT2D eigenvalue weighted by Crippen LogP contribution is 2.49. The number of nitrogens with zero attached hydrogens (tertiary/aromatic N) is 1. The summed E-state index contributed by atoms with van der Waals surface area (Å²) in [5, 5.41) is 2.88. The number of carbonyl (C=O) groups excluding carboxylic acids is 2. The van der Waals surface area contributed by atoms with Gasteiger partial charge in [-0.25, -0.2) is 17.2 Å². The number of halogens is 2. The lowest BCUT2D eigenvalue weighted by Gasteiger charge is -2.29. The van der Waals surface area contributed by atoms with Crippen LogP contribution in [0.15, 0.2) is 41.3 Å². The number of fused-ring (bicyclic) bond motifs is 1. The van der Waals surface area contributed by atoms with Gasteiger partial charge in [-0.3, -0.25) is 9.59 Å². The highest BCUT2D eigenvalue weighted by atomic mass is 32.2. The van der Waals surface area contributed by atoms with Gasteiger partial charge in [-0.1, -0.05) is 6.07 Å². The zero-order valence-electron chi connectivity index (χ0n) is 19.3. The third kappa shape index (κ3) is 4.51. The second kappa shape index (κ2) is 8.58. The summed E-state index contributed by atoms with van der Waals surface area (Å²) < 4.78 is 57.9. The molecule has 1 N–H and O–H groups in total. The molecule has 7 nitrogen and oxygen atoms in total. The summed E-state index contributed by atoms with van der Waals surface area (Å²) >= 11 is 0. The van der Waals surface area contributed by atoms with E-state index in [0.717, 1.165) is 37.7 Å². The first-order chi connectivity index (χ1) is 16.6. The molecule has 3 aliphatic rings. The zero-order chi connectivity index (χ0) is 25.1. The van der Waals surface area contributed by atoms with Gasteiger partial charge in [-0.15, -0.1) is 0 Å². The SMILES string of the molecule is COc1cc(F)c([C@H](NC(=O)[C@H]2C[C@H]3C[C@H]3N2C(=O)c2cccc(S(C)(=O)=O)c2)C2CC2)cc1F. The first kappa shape index (κ1) is 23.7. The molecule has 2 aromatic rings. The van der Waals surface area contributed by atoms with Crippen molar-refractivity contribution in [3.05, 3.63) is 59.2 Å². The molecular weight excluding hydrogens is 478 g/mol. The minimum absolute atomic E-state index is 0.0206. The topological polar surface area (TPSA) is 92.8 Å². The minimum Gasteiger partial charge on any atom is -0.494 e. The van der Waals surface area contributed by atoms with Gasteiger partial charge in [0.1, 0.15) is 11.9 Å². The summed E-state index contributed by atoms with van der Waals surface area (Å²) in [6, 6.07) is 6.24. The van der Waals surface area contributed by atoms with Crippen molar-refractivity contribution in [3.8, 4) is 5.75 Å². The molecule has 186 valence electrons. The number of nitrogens with one attached hydrogen (secondary N) is 1. The van der Waals surface area contributed by atoms with Crippen LogP contribution in [0.4, 0.5) is 8.78 Å². The van der Waals surface area contributed by atoms with Crippen LogP contribution in [-0.2, 0) is 14.6 Å². The summed E-state index contributed by atoms with van der Waals surface area (Å²) in [4.78, 5) is 28.3. The standard InChI is InChI=1S/C25H26F2N2O5S/c1-34-22-12-18(26)17(11-19(22)27)23(13-6-7-13)28-24(30)21-10-15-9-20(15)29(21)25(31)14-4-3-5-16(8-14)35(2,32)33/h3-5,8,11-13,15,20-21,23H,6-7,9-10H2,1-2H3,(H,28,30)/t15-,20-,21-,23-/m1/s1. The van der Waals surface area contributed by atoms with E-state index in [9.17, 15) is 26.8 Å². The Balaban J connectivity index is 1.39. The maximum Gasteiger partial charge on any atom is 0.254 e. The molecule has 4 atom stereocenters. The molecule has 35 heavy (non-hydrogen) atoms. The van der Waals surface area contributed by atoms with Gasteiger partial charge < -0.3 is 15.0 Å². The van der Waals surface area contributed by atoms with E-state index < -0.39 is 45.4 Å². The summed E-state index contributed by atoms with van der Waals surface area (Å²) in [7, 11) is -2.25. The van der Waals surface area contributed by atoms with Crippen molar-refractivity contribution in [3.63, 3.8) is 0 Å². The van der Waals surface area contributed by atoms with E-state index in [1.165, 1.54) is 36.3 Å². The zero-order valence-corrected chi connectivity index (χ0v) is 20.1. The highest BCUT2D eigenvalue weighted by Gasteiger charge is 2.56. The molecule has 2 amide bonds. The van der Waals surface area contributed by atoms with Crippen molar-refractivity contribution in [1.29, 1.82) is 0 Å². The van der Waals surface area contributed by atoms with Crippen molar-refractivity contribution in [1.82, 2.24) is 10.2 Å². The van der Waals surface area contributed by atoms with E-state index in [0.29, 0.717) is 6.42 Å². The molecule has 3 fully saturated rings. The van der Waals surface area contributed by atoms with E-state index in [1.54, 1.807) is 0 Å². The number of benzene rings is 2. The lowest BCUT2D eigenvalue weighted by atomic mass is 10.00. The van der Waals surface area contributed by atoms with Crippen LogP contribution in [0.25, 0.3) is 0 Å². The third-order valence-electron chi connectivity index (χ3n) is 7.15. The van der Waals surface area contributed by atoms with Gasteiger partial charge in [-0.05, 0) is 61.8 Å². The maximum atomic E-state index is 14.8. The van der Waals surface area contributed by atoms with E-state index in [4.69, 9.17) is 4.74 Å². The monoisotopic (exact) mass is 504 g/mol. The molecule has 1 aliphatic heterocycles. The normalized spacial score (nSPS) is 24.0. The molecule has 10 heteroatoms. The first-order valence-electron chi connectivity index (χ1n) is 11.5. The fourth-order valence-electron chi connectivity index (χ4n) is 5.06. The van der Waals surface area contributed by atoms with E-state index in [1.807, 2.05) is 0 Å². The number of sulfone groups is 1. The number of methoxy groups -OCH3 is 1. The van der Waals surface area contributed by atoms with Crippen molar-refractivity contribution in [2.75, 3.05) is 13.4 Å². The van der Waals surface area contributed by atoms with Crippen LogP contribution < -0.4 is 10.1 Å². The summed E-state index contributed by atoms with van der Waals surface area (Å²) in [5.41, 5.74) is 0.251. The van der Waals surface area contributed by atoms with Crippen molar-refractivity contribution < 1.29 is 31.5 Å². The minimum atomic E-state index is -3.50. The van der Waals surface area contributed by atoms with E-state index >= 15 is 0 Å². The van der Waals surface area contributed by atoms with Crippen LogP contribution in [0.2, 0.25) is 0 Å². The van der Waals surface area contributed by atoms with Crippen LogP contribution in [0.3, 0.4) is 0 Å². The number of hydrogen-bond donors (Lipinski definition) is 1. The molecule has 2 saturated carbocycles. The predicted molar refractivity (Wildman–Crippen MR) is 123 cm³/mol. The lowest BCUT2D eigenvalue weighted by Crippen LogP contribution is -2.49. The first-order valence-corrected chi connectivity index (χ1v) is 13.4. The maximum absolute atomic E-state index is 14.8. The molecule has 0 aromatic heterocycles. The molecule has 1 heterocycles. The number of rotatable bonds is 7. The van der Waals surface area contributed by atoms with Crippen LogP contribution in [0, 0.1) is 23.5 Å². The van der Waals surface area contributed by atoms with Crippen LogP contribution in [0.5, 0.6) is 5.75 Å². The predicted octanol–water partition coefficient (Wildman–Crippen LogP) is 3.25. The summed E-state index contributed by atoms with van der Waals surface area (Å²) in [6.45, 7) is 0. The Morgan fingerprint density at radius 1 is 1.11 bits per heavy atom. The van der Waals surface area contributed by atoms with Crippen LogP contribution in [0.1, 0.15) is 47.6 Å². The molecule has 0 radical (unpaired) electrons. The van der Waals surface area contributed by atoms with Gasteiger partial charge in [0, 0.05) is 29.5 Å². The molecular formula is C25H26F2N2O5S. The number of amides is 2. The van der Waals surface area contributed by atoms with Crippen molar-refractivity contribution in [2.45, 2.75) is 48.7 Å². The Labute approximate surface area is 202 Å². The smallest absolute Gasteiger partial charge is 0.254 e. The Hall–Kier alpha value is -3.01. The van der Waals surface area contributed by atoms with Gasteiger partial charge in [0.05, 0.1) is 18.0 Å². The third-order valence-corrected chi connectivity index (χ3v) is 8.26. The summed E-state index contributed by atoms with van der Waals surface area (Å²) in [6.07, 6.45) is 3.87. The fraction of sp³-hybridized carbons (Fsp3) is 0.440. The quantitative estimate of drug-likeness (QED) is 0.625. The Morgan fingerprint density at radius 3 is 2.51 bits per heavy atom. The Morgan fingerprint density at radius 2 is 1.86 bits per heavy atom. The fourth-order valence-corrected chi connectivity index (χ4v) is 5.73. The number of likely N-dealkylation sites (tertiary alicyclic amines) is 1. The van der Waals surface area contributed by atoms with Crippen molar-refractivity contribution in [2.24, 2.45) is 11.8 Å². The summed E-state index contributed by atoms with van der Waals surface area (Å²) in [5.74, 6) is -2.25. The molecule has 0 unspecified atom stereocenters. The second-order valence-electron chi connectivity index (χ2n) is 9.66. The molecule has 2 aromatic carbocycles. The molecule has 2 aliphatic carbocycles. The van der Waals surface area contributed by atoms with Gasteiger partial charge in [0.2, 0.25) is 5.91 Å². The highest BCUT2D eigenvalue weighted by molar-refractivity contribution is 7.90. The second-order valence-corrected chi connectivity index (χ2v) is 11.7. The van der Waals surface area contributed by atoms with Gasteiger partial charge in [-0.2, -0.15) is 0 Å². The number of hydrogen-bond acceptors (Lipinski definition) is 5. The van der Waals surface area contributed by atoms with Gasteiger partial charge in [0.25, 0.3) is 5.91 Å². The average molecular weight is 505 g/mol. The van der Waals surface area contributed by atoms with E-state index in [2.05, 4.69) is 5.32 Å². The number of ether oxygens (including phenoxy) is 1. The van der Waals surface area contributed by atoms with Crippen LogP contribution in [-0.4, -0.2) is 50.6 Å². The molecule has 0 spiro atoms. The lowest BCUT2D eigenvalue weighted by molar-refractivity contribution is -0.126. The van der Waals surface area contributed by atoms with Gasteiger partial charge >= 0.3 is 0 Å². The average Bonchev–Trinajstić information content (AvgIpc) is 3.75. The van der Waals surface area contributed by atoms with Crippen molar-refractivity contribution >= 4 is 21.7 Å². The number of carbonyl (C=O) groups is 2. The Bertz CT molecular complexity index is 1310. The van der Waals surface area contributed by atoms with Crippen LogP contribution >= 0.6 is 0 Å².